The van der Waals surface area contributed by atoms with E-state index in [0.717, 1.165) is 12.0 Å². The number of carbonyl (C=O) groups excluding carboxylic acids is 1. The highest BCUT2D eigenvalue weighted by Crippen LogP contribution is 2.30. The summed E-state index contributed by atoms with van der Waals surface area (Å²) in [5.41, 5.74) is 0.985. The molecule has 1 aliphatic heterocycles. The lowest BCUT2D eigenvalue weighted by Gasteiger charge is -2.08. The van der Waals surface area contributed by atoms with Gasteiger partial charge in [-0.15, -0.1) is 0 Å². The van der Waals surface area contributed by atoms with Crippen LogP contribution in [0.15, 0.2) is 24.3 Å². The van der Waals surface area contributed by atoms with Gasteiger partial charge >= 0.3 is 5.97 Å². The van der Waals surface area contributed by atoms with Gasteiger partial charge < -0.3 is 4.74 Å². The van der Waals surface area contributed by atoms with Crippen LogP contribution >= 0.6 is 11.6 Å². The molecule has 0 amide bonds. The molecule has 0 saturated carbocycles. The summed E-state index contributed by atoms with van der Waals surface area (Å²) < 4.78 is 5.10. The van der Waals surface area contributed by atoms with Gasteiger partial charge in [0.15, 0.2) is 0 Å². The Hall–Kier alpha value is -1.02. The molecular formula is C10H9ClO2. The van der Waals surface area contributed by atoms with Crippen LogP contribution in [-0.4, -0.2) is 5.97 Å². The minimum Gasteiger partial charge on any atom is -0.457 e. The molecule has 1 heterocycles. The van der Waals surface area contributed by atoms with Crippen LogP contribution < -0.4 is 0 Å². The molecule has 1 aromatic rings. The van der Waals surface area contributed by atoms with Crippen LogP contribution in [0.5, 0.6) is 0 Å². The molecule has 13 heavy (non-hydrogen) atoms. The van der Waals surface area contributed by atoms with E-state index in [-0.39, 0.29) is 12.1 Å². The number of halogens is 1. The summed E-state index contributed by atoms with van der Waals surface area (Å²) >= 11 is 5.82. The molecule has 0 aromatic heterocycles. The van der Waals surface area contributed by atoms with Gasteiger partial charge in [0.2, 0.25) is 0 Å². The molecule has 2 nitrogen and oxygen atoms in total. The predicted molar refractivity (Wildman–Crippen MR) is 49.5 cm³/mol. The summed E-state index contributed by atoms with van der Waals surface area (Å²) in [5.74, 6) is -0.120. The van der Waals surface area contributed by atoms with Crippen molar-refractivity contribution in [1.29, 1.82) is 0 Å². The number of rotatable bonds is 1. The van der Waals surface area contributed by atoms with Crippen LogP contribution in [0, 0.1) is 0 Å². The van der Waals surface area contributed by atoms with Crippen molar-refractivity contribution in [3.05, 3.63) is 34.9 Å². The van der Waals surface area contributed by atoms with Crippen LogP contribution in [0.1, 0.15) is 24.5 Å². The quantitative estimate of drug-likeness (QED) is 0.646. The van der Waals surface area contributed by atoms with Gasteiger partial charge in [0.05, 0.1) is 0 Å². The Morgan fingerprint density at radius 1 is 1.46 bits per heavy atom. The fourth-order valence-corrected chi connectivity index (χ4v) is 1.67. The fourth-order valence-electron chi connectivity index (χ4n) is 1.47. The van der Waals surface area contributed by atoms with Gasteiger partial charge in [0.25, 0.3) is 0 Å². The Kier molecular flexibility index (Phi) is 2.23. The molecule has 1 unspecified atom stereocenters. The average Bonchev–Trinajstić information content (AvgIpc) is 2.52. The van der Waals surface area contributed by atoms with Crippen LogP contribution in [0.25, 0.3) is 0 Å². The summed E-state index contributed by atoms with van der Waals surface area (Å²) in [6.45, 7) is 0. The Bertz CT molecular complexity index is 335. The molecular weight excluding hydrogens is 188 g/mol. The molecule has 1 aromatic carbocycles. The lowest BCUT2D eigenvalue weighted by molar-refractivity contribution is -0.141. The highest BCUT2D eigenvalue weighted by atomic mass is 35.5. The Balaban J connectivity index is 2.21. The largest absolute Gasteiger partial charge is 0.457 e. The third-order valence-electron chi connectivity index (χ3n) is 2.10. The standard InChI is InChI=1S/C10H9ClO2/c11-8-3-1-2-7(6-8)9-4-5-10(12)13-9/h1-3,6,9H,4-5H2. The molecule has 1 atom stereocenters. The Labute approximate surface area is 81.5 Å². The molecule has 3 heteroatoms. The number of hydrogen-bond donors (Lipinski definition) is 0. The number of hydrogen-bond acceptors (Lipinski definition) is 2. The number of esters is 1. The molecule has 1 fully saturated rings. The summed E-state index contributed by atoms with van der Waals surface area (Å²) in [4.78, 5) is 10.9. The Morgan fingerprint density at radius 2 is 2.31 bits per heavy atom. The molecule has 68 valence electrons. The van der Waals surface area contributed by atoms with E-state index in [2.05, 4.69) is 0 Å². The van der Waals surface area contributed by atoms with Crippen molar-refractivity contribution in [3.63, 3.8) is 0 Å². The highest BCUT2D eigenvalue weighted by molar-refractivity contribution is 6.30. The molecule has 0 aliphatic carbocycles. The van der Waals surface area contributed by atoms with Crippen LogP contribution in [-0.2, 0) is 9.53 Å². The Morgan fingerprint density at radius 3 is 2.92 bits per heavy atom. The lowest BCUT2D eigenvalue weighted by atomic mass is 10.1. The van der Waals surface area contributed by atoms with Crippen molar-refractivity contribution in [3.8, 4) is 0 Å². The van der Waals surface area contributed by atoms with E-state index in [0.29, 0.717) is 11.4 Å². The summed E-state index contributed by atoms with van der Waals surface area (Å²) in [6.07, 6.45) is 1.18. The zero-order valence-corrected chi connectivity index (χ0v) is 7.75. The third-order valence-corrected chi connectivity index (χ3v) is 2.34. The molecule has 0 bridgehead atoms. The maximum Gasteiger partial charge on any atom is 0.306 e. The first-order valence-corrected chi connectivity index (χ1v) is 4.58. The van der Waals surface area contributed by atoms with E-state index in [9.17, 15) is 4.79 Å². The normalized spacial score (nSPS) is 21.6. The molecule has 1 aliphatic rings. The SMILES string of the molecule is O=C1CCC(c2cccc(Cl)c2)O1. The second-order valence-corrected chi connectivity index (χ2v) is 3.51. The van der Waals surface area contributed by atoms with Gasteiger partial charge in [-0.05, 0) is 24.1 Å². The third kappa shape index (κ3) is 1.83. The maximum atomic E-state index is 10.9. The molecule has 0 spiro atoms. The smallest absolute Gasteiger partial charge is 0.306 e. The minimum atomic E-state index is -0.120. The van der Waals surface area contributed by atoms with E-state index in [1.807, 2.05) is 24.3 Å². The maximum absolute atomic E-state index is 10.9. The monoisotopic (exact) mass is 196 g/mol. The van der Waals surface area contributed by atoms with Crippen molar-refractivity contribution in [2.75, 3.05) is 0 Å². The van der Waals surface area contributed by atoms with Crippen molar-refractivity contribution < 1.29 is 9.53 Å². The molecule has 0 radical (unpaired) electrons. The summed E-state index contributed by atoms with van der Waals surface area (Å²) in [5, 5.41) is 0.681. The zero-order chi connectivity index (χ0) is 9.26. The van der Waals surface area contributed by atoms with Gasteiger partial charge in [-0.2, -0.15) is 0 Å². The van der Waals surface area contributed by atoms with Crippen molar-refractivity contribution in [2.24, 2.45) is 0 Å². The topological polar surface area (TPSA) is 26.3 Å². The van der Waals surface area contributed by atoms with Gasteiger partial charge in [-0.25, -0.2) is 0 Å². The summed E-state index contributed by atoms with van der Waals surface area (Å²) in [6, 6.07) is 7.44. The van der Waals surface area contributed by atoms with Crippen LogP contribution in [0.4, 0.5) is 0 Å². The van der Waals surface area contributed by atoms with Gasteiger partial charge in [-0.1, -0.05) is 23.7 Å². The molecule has 2 rings (SSSR count). The fraction of sp³-hybridized carbons (Fsp3) is 0.300. The number of cyclic esters (lactones) is 1. The van der Waals surface area contributed by atoms with Gasteiger partial charge in [-0.3, -0.25) is 4.79 Å². The second kappa shape index (κ2) is 3.38. The van der Waals surface area contributed by atoms with Gasteiger partial charge in [0, 0.05) is 11.4 Å². The predicted octanol–water partition coefficient (Wildman–Crippen LogP) is 2.72. The number of benzene rings is 1. The van der Waals surface area contributed by atoms with Crippen LogP contribution in [0.2, 0.25) is 5.02 Å². The van der Waals surface area contributed by atoms with E-state index in [1.165, 1.54) is 0 Å². The minimum absolute atomic E-state index is 0.0915. The highest BCUT2D eigenvalue weighted by Gasteiger charge is 2.24. The number of carbonyl (C=O) groups is 1. The van der Waals surface area contributed by atoms with Crippen molar-refractivity contribution >= 4 is 17.6 Å². The molecule has 1 saturated heterocycles. The van der Waals surface area contributed by atoms with E-state index >= 15 is 0 Å². The van der Waals surface area contributed by atoms with Gasteiger partial charge in [0.1, 0.15) is 6.10 Å². The van der Waals surface area contributed by atoms with Crippen LogP contribution in [0.3, 0.4) is 0 Å². The van der Waals surface area contributed by atoms with Crippen molar-refractivity contribution in [1.82, 2.24) is 0 Å². The first kappa shape index (κ1) is 8.57. The zero-order valence-electron chi connectivity index (χ0n) is 7.00. The van der Waals surface area contributed by atoms with E-state index < -0.39 is 0 Å². The first-order valence-electron chi connectivity index (χ1n) is 4.20. The van der Waals surface area contributed by atoms with Crippen molar-refractivity contribution in [2.45, 2.75) is 18.9 Å². The van der Waals surface area contributed by atoms with E-state index in [4.69, 9.17) is 16.3 Å². The molecule has 0 N–H and O–H groups in total. The summed E-state index contributed by atoms with van der Waals surface area (Å²) in [7, 11) is 0. The first-order chi connectivity index (χ1) is 6.25. The number of ether oxygens (including phenoxy) is 1. The van der Waals surface area contributed by atoms with E-state index in [1.54, 1.807) is 0 Å². The lowest BCUT2D eigenvalue weighted by Crippen LogP contribution is -1.97. The average molecular weight is 197 g/mol. The second-order valence-electron chi connectivity index (χ2n) is 3.07.